The third-order valence-corrected chi connectivity index (χ3v) is 3.50. The number of nitrogens with zero attached hydrogens (tertiary/aromatic N) is 1. The topological polar surface area (TPSA) is 71.8 Å². The van der Waals surface area contributed by atoms with Crippen molar-refractivity contribution in [3.8, 4) is 0 Å². The predicted molar refractivity (Wildman–Crippen MR) is 64.4 cm³/mol. The summed E-state index contributed by atoms with van der Waals surface area (Å²) in [5.74, 6) is 2.29. The summed E-state index contributed by atoms with van der Waals surface area (Å²) >= 11 is 0. The van der Waals surface area contributed by atoms with Crippen molar-refractivity contribution in [2.24, 2.45) is 5.92 Å². The number of anilines is 1. The molecular weight excluding hydrogens is 202 g/mol. The molecule has 1 aromatic rings. The quantitative estimate of drug-likeness (QED) is 0.800. The first-order chi connectivity index (χ1) is 7.61. The van der Waals surface area contributed by atoms with E-state index in [-0.39, 0.29) is 5.56 Å². The van der Waals surface area contributed by atoms with Gasteiger partial charge < -0.3 is 10.7 Å². The maximum atomic E-state index is 11.8. The van der Waals surface area contributed by atoms with Gasteiger partial charge in [-0.25, -0.2) is 4.98 Å². The molecule has 2 atom stereocenters. The summed E-state index contributed by atoms with van der Waals surface area (Å²) in [5.41, 5.74) is 6.34. The molecule has 3 N–H and O–H groups in total. The number of rotatable bonds is 2. The van der Waals surface area contributed by atoms with Crippen LogP contribution in [0.3, 0.4) is 0 Å². The lowest BCUT2D eigenvalue weighted by atomic mass is 10.1. The van der Waals surface area contributed by atoms with E-state index in [1.165, 1.54) is 6.42 Å². The Labute approximate surface area is 95.3 Å². The van der Waals surface area contributed by atoms with Crippen LogP contribution in [0, 0.1) is 5.92 Å². The molecule has 88 valence electrons. The Morgan fingerprint density at radius 3 is 2.75 bits per heavy atom. The van der Waals surface area contributed by atoms with Crippen molar-refractivity contribution in [3.05, 3.63) is 21.7 Å². The molecule has 0 saturated heterocycles. The van der Waals surface area contributed by atoms with E-state index in [9.17, 15) is 4.79 Å². The summed E-state index contributed by atoms with van der Waals surface area (Å²) in [6, 6.07) is 0. The fourth-order valence-corrected chi connectivity index (χ4v) is 2.52. The first-order valence-electron chi connectivity index (χ1n) is 6.00. The van der Waals surface area contributed by atoms with Gasteiger partial charge in [-0.3, -0.25) is 4.79 Å². The molecule has 2 rings (SSSR count). The molecule has 0 amide bonds. The van der Waals surface area contributed by atoms with Crippen molar-refractivity contribution in [2.45, 2.75) is 45.4 Å². The average Bonchev–Trinajstić information content (AvgIpc) is 2.64. The van der Waals surface area contributed by atoms with Gasteiger partial charge in [-0.05, 0) is 31.6 Å². The number of hydrogen-bond acceptors (Lipinski definition) is 3. The maximum Gasteiger partial charge on any atom is 0.256 e. The lowest BCUT2D eigenvalue weighted by molar-refractivity contribution is 0.584. The SMILES string of the molecule is CCc1c(N)nc(C2CCC(C)C2)[nH]c1=O. The van der Waals surface area contributed by atoms with Gasteiger partial charge in [-0.1, -0.05) is 13.8 Å². The van der Waals surface area contributed by atoms with Crippen LogP contribution in [0.1, 0.15) is 50.4 Å². The second-order valence-corrected chi connectivity index (χ2v) is 4.78. The molecule has 16 heavy (non-hydrogen) atoms. The van der Waals surface area contributed by atoms with Crippen molar-refractivity contribution < 1.29 is 0 Å². The molecule has 1 aliphatic rings. The highest BCUT2D eigenvalue weighted by molar-refractivity contribution is 5.37. The minimum absolute atomic E-state index is 0.0652. The van der Waals surface area contributed by atoms with Crippen LogP contribution < -0.4 is 11.3 Å². The van der Waals surface area contributed by atoms with Gasteiger partial charge in [0.25, 0.3) is 5.56 Å². The number of nitrogens with two attached hydrogens (primary N) is 1. The predicted octanol–water partition coefficient (Wildman–Crippen LogP) is 1.82. The molecule has 1 fully saturated rings. The molecule has 1 aromatic heterocycles. The van der Waals surface area contributed by atoms with Gasteiger partial charge in [-0.15, -0.1) is 0 Å². The minimum Gasteiger partial charge on any atom is -0.383 e. The van der Waals surface area contributed by atoms with Crippen LogP contribution in [0.2, 0.25) is 0 Å². The Morgan fingerprint density at radius 1 is 1.50 bits per heavy atom. The summed E-state index contributed by atoms with van der Waals surface area (Å²) in [6.07, 6.45) is 4.06. The Hall–Kier alpha value is -1.32. The highest BCUT2D eigenvalue weighted by Crippen LogP contribution is 2.36. The lowest BCUT2D eigenvalue weighted by Crippen LogP contribution is -2.20. The lowest BCUT2D eigenvalue weighted by Gasteiger charge is -2.10. The van der Waals surface area contributed by atoms with E-state index in [1.807, 2.05) is 6.92 Å². The van der Waals surface area contributed by atoms with Gasteiger partial charge in [-0.2, -0.15) is 0 Å². The molecule has 2 unspecified atom stereocenters. The van der Waals surface area contributed by atoms with Gasteiger partial charge in [0, 0.05) is 5.92 Å². The number of aromatic amines is 1. The van der Waals surface area contributed by atoms with Gasteiger partial charge >= 0.3 is 0 Å². The Morgan fingerprint density at radius 2 is 2.25 bits per heavy atom. The molecule has 0 spiro atoms. The van der Waals surface area contributed by atoms with Gasteiger partial charge in [0.05, 0.1) is 5.56 Å². The zero-order chi connectivity index (χ0) is 11.7. The molecule has 0 aliphatic heterocycles. The monoisotopic (exact) mass is 221 g/mol. The van der Waals surface area contributed by atoms with Crippen molar-refractivity contribution in [1.29, 1.82) is 0 Å². The number of nitrogen functional groups attached to an aromatic ring is 1. The number of nitrogens with one attached hydrogen (secondary N) is 1. The summed E-state index contributed by atoms with van der Waals surface area (Å²) in [6.45, 7) is 4.15. The zero-order valence-corrected chi connectivity index (χ0v) is 9.92. The van der Waals surface area contributed by atoms with E-state index in [4.69, 9.17) is 5.73 Å². The van der Waals surface area contributed by atoms with Crippen LogP contribution >= 0.6 is 0 Å². The van der Waals surface area contributed by atoms with E-state index in [1.54, 1.807) is 0 Å². The van der Waals surface area contributed by atoms with Crippen LogP contribution in [0.15, 0.2) is 4.79 Å². The molecule has 1 aliphatic carbocycles. The molecular formula is C12H19N3O. The molecule has 1 heterocycles. The third kappa shape index (κ3) is 1.96. The van der Waals surface area contributed by atoms with E-state index in [0.29, 0.717) is 23.7 Å². The van der Waals surface area contributed by atoms with Crippen LogP contribution in [-0.2, 0) is 6.42 Å². The summed E-state index contributed by atoms with van der Waals surface area (Å²) < 4.78 is 0. The van der Waals surface area contributed by atoms with Crippen LogP contribution in [0.25, 0.3) is 0 Å². The molecule has 0 bridgehead atoms. The molecule has 0 radical (unpaired) electrons. The average molecular weight is 221 g/mol. The fraction of sp³-hybridized carbons (Fsp3) is 0.667. The van der Waals surface area contributed by atoms with E-state index in [2.05, 4.69) is 16.9 Å². The molecule has 4 heteroatoms. The van der Waals surface area contributed by atoms with Gasteiger partial charge in [0.2, 0.25) is 0 Å². The molecule has 0 aromatic carbocycles. The Balaban J connectivity index is 2.33. The maximum absolute atomic E-state index is 11.8. The summed E-state index contributed by atoms with van der Waals surface area (Å²) in [4.78, 5) is 19.0. The standard InChI is InChI=1S/C12H19N3O/c1-3-9-10(13)14-11(15-12(9)16)8-5-4-7(2)6-8/h7-8H,3-6H2,1-2H3,(H3,13,14,15,16). The Bertz CT molecular complexity index is 438. The first kappa shape index (κ1) is 11.2. The highest BCUT2D eigenvalue weighted by Gasteiger charge is 2.25. The smallest absolute Gasteiger partial charge is 0.256 e. The minimum atomic E-state index is -0.0652. The second kappa shape index (κ2) is 4.28. The number of hydrogen-bond donors (Lipinski definition) is 2. The van der Waals surface area contributed by atoms with Crippen molar-refractivity contribution in [2.75, 3.05) is 5.73 Å². The fourth-order valence-electron chi connectivity index (χ4n) is 2.52. The normalized spacial score (nSPS) is 24.9. The molecule has 1 saturated carbocycles. The number of H-pyrrole nitrogens is 1. The van der Waals surface area contributed by atoms with Gasteiger partial charge in [0.1, 0.15) is 11.6 Å². The molecule has 4 nitrogen and oxygen atoms in total. The zero-order valence-electron chi connectivity index (χ0n) is 9.92. The van der Waals surface area contributed by atoms with Crippen LogP contribution in [0.4, 0.5) is 5.82 Å². The van der Waals surface area contributed by atoms with E-state index in [0.717, 1.165) is 24.6 Å². The van der Waals surface area contributed by atoms with E-state index >= 15 is 0 Å². The van der Waals surface area contributed by atoms with E-state index < -0.39 is 0 Å². The summed E-state index contributed by atoms with van der Waals surface area (Å²) in [7, 11) is 0. The summed E-state index contributed by atoms with van der Waals surface area (Å²) in [5, 5.41) is 0. The second-order valence-electron chi connectivity index (χ2n) is 4.78. The van der Waals surface area contributed by atoms with Gasteiger partial charge in [0.15, 0.2) is 0 Å². The van der Waals surface area contributed by atoms with Crippen LogP contribution in [-0.4, -0.2) is 9.97 Å². The third-order valence-electron chi connectivity index (χ3n) is 3.50. The number of aromatic nitrogens is 2. The van der Waals surface area contributed by atoms with Crippen molar-refractivity contribution in [1.82, 2.24) is 9.97 Å². The first-order valence-corrected chi connectivity index (χ1v) is 6.00. The van der Waals surface area contributed by atoms with Crippen LogP contribution in [0.5, 0.6) is 0 Å². The highest BCUT2D eigenvalue weighted by atomic mass is 16.1. The Kier molecular flexibility index (Phi) is 2.99. The van der Waals surface area contributed by atoms with Crippen molar-refractivity contribution >= 4 is 5.82 Å². The van der Waals surface area contributed by atoms with Crippen molar-refractivity contribution in [3.63, 3.8) is 0 Å². The largest absolute Gasteiger partial charge is 0.383 e.